The molecule has 1 N–H and O–H groups in total. The van der Waals surface area contributed by atoms with Crippen molar-refractivity contribution < 1.29 is 5.11 Å². The van der Waals surface area contributed by atoms with Crippen molar-refractivity contribution >= 4 is 31.9 Å². The number of hydrogen-bond acceptors (Lipinski definition) is 2. The van der Waals surface area contributed by atoms with E-state index in [2.05, 4.69) is 49.0 Å². The van der Waals surface area contributed by atoms with E-state index in [-0.39, 0.29) is 0 Å². The Balaban J connectivity index is 1.84. The maximum absolute atomic E-state index is 10.5. The van der Waals surface area contributed by atoms with Crippen molar-refractivity contribution in [2.45, 2.75) is 31.3 Å². The monoisotopic (exact) mass is 395 g/mol. The van der Waals surface area contributed by atoms with E-state index < -0.39 is 6.10 Å². The van der Waals surface area contributed by atoms with Crippen LogP contribution < -0.4 is 0 Å². The predicted octanol–water partition coefficient (Wildman–Crippen LogP) is 4.96. The highest BCUT2D eigenvalue weighted by atomic mass is 79.9. The van der Waals surface area contributed by atoms with Crippen molar-refractivity contribution in [3.63, 3.8) is 0 Å². The normalized spacial score (nSPS) is 16.8. The lowest BCUT2D eigenvalue weighted by atomic mass is 9.80. The number of aliphatic hydroxyl groups is 1. The summed E-state index contributed by atoms with van der Waals surface area (Å²) in [6.07, 6.45) is 4.92. The largest absolute Gasteiger partial charge is 0.382 e. The van der Waals surface area contributed by atoms with Crippen LogP contribution in [0.4, 0.5) is 0 Å². The smallest absolute Gasteiger partial charge is 0.122 e. The van der Waals surface area contributed by atoms with Gasteiger partial charge in [-0.05, 0) is 67.8 Å². The minimum atomic E-state index is -0.701. The van der Waals surface area contributed by atoms with Gasteiger partial charge >= 0.3 is 0 Å². The van der Waals surface area contributed by atoms with Gasteiger partial charge in [0.15, 0.2) is 0 Å². The lowest BCUT2D eigenvalue weighted by Gasteiger charge is -2.26. The summed E-state index contributed by atoms with van der Waals surface area (Å²) in [4.78, 5) is 4.30. The molecule has 0 bridgehead atoms. The van der Waals surface area contributed by atoms with Crippen LogP contribution in [0.15, 0.2) is 45.5 Å². The second kappa shape index (κ2) is 5.96. The second-order valence-corrected chi connectivity index (χ2v) is 6.99. The van der Waals surface area contributed by atoms with Crippen LogP contribution in [0.5, 0.6) is 0 Å². The Bertz CT molecular complexity index is 608. The number of halogens is 2. The van der Waals surface area contributed by atoms with Gasteiger partial charge in [0, 0.05) is 15.1 Å². The summed E-state index contributed by atoms with van der Waals surface area (Å²) in [7, 11) is 0. The summed E-state index contributed by atoms with van der Waals surface area (Å²) in [5.41, 5.74) is 2.91. The van der Waals surface area contributed by atoms with Gasteiger partial charge in [-0.2, -0.15) is 0 Å². The molecule has 4 heteroatoms. The summed E-state index contributed by atoms with van der Waals surface area (Å²) in [5.74, 6) is 0.721. The minimum Gasteiger partial charge on any atom is -0.382 e. The first-order valence-corrected chi connectivity index (χ1v) is 8.32. The van der Waals surface area contributed by atoms with Gasteiger partial charge in [0.2, 0.25) is 0 Å². The molecule has 1 heterocycles. The molecule has 0 saturated heterocycles. The molecular formula is C16H15Br2NO. The molecule has 3 rings (SSSR count). The minimum absolute atomic E-state index is 0.643. The molecule has 0 spiro atoms. The number of benzene rings is 1. The first kappa shape index (κ1) is 14.2. The lowest BCUT2D eigenvalue weighted by Crippen LogP contribution is -2.09. The molecule has 1 aliphatic rings. The van der Waals surface area contributed by atoms with E-state index in [0.29, 0.717) is 5.69 Å². The zero-order valence-corrected chi connectivity index (χ0v) is 14.1. The summed E-state index contributed by atoms with van der Waals surface area (Å²) in [6.45, 7) is 0. The number of rotatable bonds is 3. The molecule has 1 fully saturated rings. The van der Waals surface area contributed by atoms with Crippen LogP contribution in [0.2, 0.25) is 0 Å². The van der Waals surface area contributed by atoms with Crippen LogP contribution in [-0.2, 0) is 0 Å². The Kier molecular flexibility index (Phi) is 4.24. The van der Waals surface area contributed by atoms with Crippen LogP contribution in [0, 0.1) is 0 Å². The van der Waals surface area contributed by atoms with E-state index in [1.54, 1.807) is 6.20 Å². The van der Waals surface area contributed by atoms with Crippen molar-refractivity contribution in [1.82, 2.24) is 4.98 Å². The first-order valence-electron chi connectivity index (χ1n) is 6.74. The van der Waals surface area contributed by atoms with E-state index in [1.165, 1.54) is 24.8 Å². The summed E-state index contributed by atoms with van der Waals surface area (Å²) in [5, 5.41) is 10.5. The van der Waals surface area contributed by atoms with Crippen LogP contribution in [-0.4, -0.2) is 10.1 Å². The van der Waals surface area contributed by atoms with E-state index in [1.807, 2.05) is 18.2 Å². The van der Waals surface area contributed by atoms with Gasteiger partial charge in [0.05, 0.1) is 5.69 Å². The molecule has 0 aliphatic heterocycles. The number of hydrogen-bond donors (Lipinski definition) is 1. The number of aliphatic hydroxyl groups excluding tert-OH is 1. The fourth-order valence-electron chi connectivity index (χ4n) is 2.48. The second-order valence-electron chi connectivity index (χ2n) is 5.22. The maximum Gasteiger partial charge on any atom is 0.122 e. The number of pyridine rings is 1. The summed E-state index contributed by atoms with van der Waals surface area (Å²) >= 11 is 6.82. The topological polar surface area (TPSA) is 33.1 Å². The van der Waals surface area contributed by atoms with Crippen LogP contribution in [0.3, 0.4) is 0 Å². The number of aromatic nitrogens is 1. The Hall–Kier alpha value is -0.710. The van der Waals surface area contributed by atoms with Crippen molar-refractivity contribution in [1.29, 1.82) is 0 Å². The zero-order valence-electron chi connectivity index (χ0n) is 10.9. The highest BCUT2D eigenvalue weighted by Crippen LogP contribution is 2.37. The molecule has 104 valence electrons. The number of nitrogens with zero attached hydrogens (tertiary/aromatic N) is 1. The molecule has 1 unspecified atom stereocenters. The lowest BCUT2D eigenvalue weighted by molar-refractivity contribution is 0.214. The third-order valence-corrected chi connectivity index (χ3v) is 4.99. The molecule has 2 aromatic rings. The van der Waals surface area contributed by atoms with Gasteiger partial charge in [0.25, 0.3) is 0 Å². The molecular weight excluding hydrogens is 382 g/mol. The summed E-state index contributed by atoms with van der Waals surface area (Å²) in [6, 6.07) is 10.2. The van der Waals surface area contributed by atoms with Gasteiger partial charge in [-0.1, -0.05) is 30.7 Å². The highest BCUT2D eigenvalue weighted by Gasteiger charge is 2.20. The molecule has 0 radical (unpaired) electrons. The molecule has 1 aromatic heterocycles. The van der Waals surface area contributed by atoms with Gasteiger partial charge in [0.1, 0.15) is 6.10 Å². The molecule has 1 atom stereocenters. The highest BCUT2D eigenvalue weighted by molar-refractivity contribution is 9.11. The van der Waals surface area contributed by atoms with E-state index >= 15 is 0 Å². The fourth-order valence-corrected chi connectivity index (χ4v) is 3.68. The third kappa shape index (κ3) is 2.83. The van der Waals surface area contributed by atoms with Gasteiger partial charge in [-0.3, -0.25) is 4.98 Å². The molecule has 1 aliphatic carbocycles. The van der Waals surface area contributed by atoms with E-state index in [0.717, 1.165) is 20.4 Å². The van der Waals surface area contributed by atoms with Gasteiger partial charge in [-0.15, -0.1) is 0 Å². The fraction of sp³-hybridized carbons (Fsp3) is 0.312. The average molecular weight is 397 g/mol. The van der Waals surface area contributed by atoms with Crippen molar-refractivity contribution in [2.75, 3.05) is 0 Å². The standard InChI is InChI=1S/C16H15Br2NO/c17-13-8-14(18)15(19-9-13)16(20)12-6-4-11(5-7-12)10-2-1-3-10/h4-10,16,20H,1-3H2. The molecule has 1 aromatic carbocycles. The molecule has 0 amide bonds. The SMILES string of the molecule is OC(c1ccc(C2CCC2)cc1)c1ncc(Br)cc1Br. The van der Waals surface area contributed by atoms with Crippen LogP contribution in [0.1, 0.15) is 48.1 Å². The maximum atomic E-state index is 10.5. The Morgan fingerprint density at radius 3 is 2.40 bits per heavy atom. The molecule has 2 nitrogen and oxygen atoms in total. The first-order chi connectivity index (χ1) is 9.65. The Labute approximate surface area is 135 Å². The summed E-state index contributed by atoms with van der Waals surface area (Å²) < 4.78 is 1.70. The van der Waals surface area contributed by atoms with Gasteiger partial charge in [-0.25, -0.2) is 0 Å². The van der Waals surface area contributed by atoms with Crippen molar-refractivity contribution in [3.8, 4) is 0 Å². The Morgan fingerprint density at radius 1 is 1.15 bits per heavy atom. The average Bonchev–Trinajstić information content (AvgIpc) is 2.37. The predicted molar refractivity (Wildman–Crippen MR) is 86.7 cm³/mol. The zero-order chi connectivity index (χ0) is 14.1. The van der Waals surface area contributed by atoms with Crippen molar-refractivity contribution in [2.24, 2.45) is 0 Å². The molecule has 1 saturated carbocycles. The van der Waals surface area contributed by atoms with Gasteiger partial charge < -0.3 is 5.11 Å². The van der Waals surface area contributed by atoms with E-state index in [4.69, 9.17) is 0 Å². The third-order valence-electron chi connectivity index (χ3n) is 3.92. The van der Waals surface area contributed by atoms with Crippen LogP contribution >= 0.6 is 31.9 Å². The van der Waals surface area contributed by atoms with Crippen molar-refractivity contribution in [3.05, 3.63) is 62.3 Å². The van der Waals surface area contributed by atoms with Crippen LogP contribution in [0.25, 0.3) is 0 Å². The Morgan fingerprint density at radius 2 is 1.85 bits per heavy atom. The van der Waals surface area contributed by atoms with E-state index in [9.17, 15) is 5.11 Å². The molecule has 20 heavy (non-hydrogen) atoms. The quantitative estimate of drug-likeness (QED) is 0.795.